The predicted octanol–water partition coefficient (Wildman–Crippen LogP) is 10.5. The molecule has 0 bridgehead atoms. The van der Waals surface area contributed by atoms with Crippen LogP contribution in [0.5, 0.6) is 0 Å². The van der Waals surface area contributed by atoms with Gasteiger partial charge in [0.05, 0.1) is 22.2 Å². The highest BCUT2D eigenvalue weighted by Crippen LogP contribution is 2.44. The van der Waals surface area contributed by atoms with E-state index in [2.05, 4.69) is 174 Å². The van der Waals surface area contributed by atoms with E-state index in [0.29, 0.717) is 17.5 Å². The van der Waals surface area contributed by atoms with Crippen LogP contribution in [0.4, 0.5) is 11.4 Å². The molecule has 0 aliphatic carbocycles. The number of nitrogens with zero attached hydrogens (tertiary/aromatic N) is 7. The summed E-state index contributed by atoms with van der Waals surface area (Å²) < 4.78 is 0. The molecule has 270 valence electrons. The molecule has 1 aromatic heterocycles. The largest absolute Gasteiger partial charge is 0.318 e. The minimum Gasteiger partial charge on any atom is -0.318 e. The van der Waals surface area contributed by atoms with Gasteiger partial charge in [0.1, 0.15) is 11.7 Å². The third-order valence-corrected chi connectivity index (χ3v) is 11.8. The first kappa shape index (κ1) is 35.1. The summed E-state index contributed by atoms with van der Waals surface area (Å²) in [6, 6.07) is 48.0. The number of benzene rings is 5. The Hall–Kier alpha value is -5.95. The van der Waals surface area contributed by atoms with Gasteiger partial charge in [0.25, 0.3) is 0 Å². The van der Waals surface area contributed by atoms with Crippen LogP contribution in [0, 0.1) is 0 Å². The van der Waals surface area contributed by atoms with Crippen molar-refractivity contribution in [3.05, 3.63) is 151 Å². The van der Waals surface area contributed by atoms with Gasteiger partial charge < -0.3 is 9.80 Å². The molecular formula is C47H47N7. The van der Waals surface area contributed by atoms with Crippen molar-refractivity contribution in [2.24, 2.45) is 9.98 Å². The van der Waals surface area contributed by atoms with Gasteiger partial charge in [-0.25, -0.2) is 15.0 Å². The molecule has 7 nitrogen and oxygen atoms in total. The summed E-state index contributed by atoms with van der Waals surface area (Å²) in [6.07, 6.45) is 0. The summed E-state index contributed by atoms with van der Waals surface area (Å²) in [5, 5.41) is 0. The highest BCUT2D eigenvalue weighted by Gasteiger charge is 2.50. The summed E-state index contributed by atoms with van der Waals surface area (Å²) in [5.41, 5.74) is 6.01. The SMILES string of the molecule is CC1(C)N=C(c2ccc(-c3nc(-c4ccccc4)nc(-c4ccc(C5=NC(C)(C)C(C)(C)N5c5ccccc5)cc4)n3)cc2)N(c2ccccc2)C1(C)C. The summed E-state index contributed by atoms with van der Waals surface area (Å²) >= 11 is 0. The zero-order chi connectivity index (χ0) is 37.9. The quantitative estimate of drug-likeness (QED) is 0.165. The van der Waals surface area contributed by atoms with E-state index in [4.69, 9.17) is 24.9 Å². The lowest BCUT2D eigenvalue weighted by atomic mass is 9.83. The third kappa shape index (κ3) is 5.88. The lowest BCUT2D eigenvalue weighted by Gasteiger charge is -2.41. The summed E-state index contributed by atoms with van der Waals surface area (Å²) in [6.45, 7) is 17.9. The van der Waals surface area contributed by atoms with Crippen molar-refractivity contribution in [1.29, 1.82) is 0 Å². The van der Waals surface area contributed by atoms with E-state index in [9.17, 15) is 0 Å². The number of hydrogen-bond acceptors (Lipinski definition) is 7. The first-order valence-electron chi connectivity index (χ1n) is 18.7. The predicted molar refractivity (Wildman–Crippen MR) is 223 cm³/mol. The molecule has 0 N–H and O–H groups in total. The van der Waals surface area contributed by atoms with Gasteiger partial charge in [-0.15, -0.1) is 0 Å². The minimum atomic E-state index is -0.295. The molecular weight excluding hydrogens is 663 g/mol. The molecule has 0 fully saturated rings. The molecule has 54 heavy (non-hydrogen) atoms. The van der Waals surface area contributed by atoms with E-state index in [-0.39, 0.29) is 22.2 Å². The van der Waals surface area contributed by atoms with E-state index < -0.39 is 0 Å². The van der Waals surface area contributed by atoms with Crippen LogP contribution in [-0.4, -0.2) is 48.8 Å². The molecule has 0 atom stereocenters. The highest BCUT2D eigenvalue weighted by atomic mass is 15.3. The minimum absolute atomic E-state index is 0.234. The van der Waals surface area contributed by atoms with E-state index in [0.717, 1.165) is 50.9 Å². The van der Waals surface area contributed by atoms with Gasteiger partial charge in [-0.3, -0.25) is 9.98 Å². The summed E-state index contributed by atoms with van der Waals surface area (Å²) in [5.74, 6) is 3.76. The molecule has 5 aromatic carbocycles. The van der Waals surface area contributed by atoms with Crippen LogP contribution in [0.1, 0.15) is 66.5 Å². The fourth-order valence-electron chi connectivity index (χ4n) is 7.30. The Morgan fingerprint density at radius 2 is 0.611 bits per heavy atom. The molecule has 2 aliphatic heterocycles. The van der Waals surface area contributed by atoms with Crippen LogP contribution in [0.15, 0.2) is 150 Å². The van der Waals surface area contributed by atoms with Gasteiger partial charge in [-0.2, -0.15) is 0 Å². The average Bonchev–Trinajstić information content (AvgIpc) is 3.50. The van der Waals surface area contributed by atoms with Gasteiger partial charge in [0, 0.05) is 39.2 Å². The van der Waals surface area contributed by atoms with Crippen molar-refractivity contribution in [1.82, 2.24) is 15.0 Å². The Kier molecular flexibility index (Phi) is 8.36. The molecule has 3 heterocycles. The zero-order valence-corrected chi connectivity index (χ0v) is 32.4. The van der Waals surface area contributed by atoms with Crippen molar-refractivity contribution < 1.29 is 0 Å². The van der Waals surface area contributed by atoms with Crippen LogP contribution in [0.2, 0.25) is 0 Å². The first-order valence-corrected chi connectivity index (χ1v) is 18.7. The van der Waals surface area contributed by atoms with Crippen molar-refractivity contribution in [3.8, 4) is 34.2 Å². The molecule has 6 aromatic rings. The molecule has 0 amide bonds. The van der Waals surface area contributed by atoms with Crippen LogP contribution < -0.4 is 9.80 Å². The number of hydrogen-bond donors (Lipinski definition) is 0. The Labute approximate surface area is 319 Å². The first-order chi connectivity index (χ1) is 25.8. The van der Waals surface area contributed by atoms with E-state index >= 15 is 0 Å². The number of aliphatic imine (C=N–C) groups is 2. The van der Waals surface area contributed by atoms with Crippen LogP contribution in [0.3, 0.4) is 0 Å². The maximum atomic E-state index is 5.27. The van der Waals surface area contributed by atoms with Gasteiger partial charge >= 0.3 is 0 Å². The molecule has 0 radical (unpaired) electrons. The normalized spacial score (nSPS) is 18.0. The second-order valence-electron chi connectivity index (χ2n) is 16.3. The number of aromatic nitrogens is 3. The molecule has 7 heteroatoms. The number of para-hydroxylation sites is 2. The smallest absolute Gasteiger partial charge is 0.164 e. The molecule has 2 aliphatic rings. The standard InChI is InChI=1S/C47H47N7/c1-44(2)46(5,6)53(37-20-14-10-15-21-37)42(51-44)35-28-24-33(25-29-35)40-48-39(32-18-12-9-13-19-32)49-41(50-40)34-26-30-36(31-27-34)43-52-45(3,4)47(7,8)54(43)38-22-16-11-17-23-38/h9-31H,1-8H3. The van der Waals surface area contributed by atoms with Gasteiger partial charge in [0.2, 0.25) is 0 Å². The van der Waals surface area contributed by atoms with Crippen LogP contribution >= 0.6 is 0 Å². The Bertz CT molecular complexity index is 2210. The Balaban J connectivity index is 1.16. The highest BCUT2D eigenvalue weighted by molar-refractivity contribution is 6.14. The van der Waals surface area contributed by atoms with Crippen molar-refractivity contribution in [3.63, 3.8) is 0 Å². The van der Waals surface area contributed by atoms with Crippen LogP contribution in [-0.2, 0) is 0 Å². The van der Waals surface area contributed by atoms with Crippen molar-refractivity contribution in [2.45, 2.75) is 77.5 Å². The average molecular weight is 710 g/mol. The van der Waals surface area contributed by atoms with E-state index in [1.165, 1.54) is 0 Å². The van der Waals surface area contributed by atoms with Gasteiger partial charge in [-0.1, -0.05) is 115 Å². The molecule has 0 saturated heterocycles. The zero-order valence-electron chi connectivity index (χ0n) is 32.4. The van der Waals surface area contributed by atoms with E-state index in [1.807, 2.05) is 30.3 Å². The van der Waals surface area contributed by atoms with Gasteiger partial charge in [0.15, 0.2) is 17.5 Å². The molecule has 8 rings (SSSR count). The van der Waals surface area contributed by atoms with E-state index in [1.54, 1.807) is 0 Å². The number of anilines is 2. The third-order valence-electron chi connectivity index (χ3n) is 11.8. The monoisotopic (exact) mass is 709 g/mol. The fourth-order valence-corrected chi connectivity index (χ4v) is 7.30. The van der Waals surface area contributed by atoms with Gasteiger partial charge in [-0.05, 0) is 79.7 Å². The summed E-state index contributed by atoms with van der Waals surface area (Å²) in [4.78, 5) is 30.3. The topological polar surface area (TPSA) is 69.9 Å². The fraction of sp³-hybridized carbons (Fsp3) is 0.255. The van der Waals surface area contributed by atoms with Crippen molar-refractivity contribution in [2.75, 3.05) is 9.80 Å². The molecule has 0 saturated carbocycles. The second kappa shape index (κ2) is 12.9. The maximum Gasteiger partial charge on any atom is 0.164 e. The number of rotatable bonds is 7. The molecule has 0 spiro atoms. The second-order valence-corrected chi connectivity index (χ2v) is 16.3. The maximum absolute atomic E-state index is 5.27. The summed E-state index contributed by atoms with van der Waals surface area (Å²) in [7, 11) is 0. The lowest BCUT2D eigenvalue weighted by molar-refractivity contribution is 0.338. The Morgan fingerprint density at radius 1 is 0.333 bits per heavy atom. The molecule has 0 unspecified atom stereocenters. The van der Waals surface area contributed by atoms with Crippen LogP contribution in [0.25, 0.3) is 34.2 Å². The number of amidine groups is 2. The lowest BCUT2D eigenvalue weighted by Crippen LogP contribution is -2.53. The Morgan fingerprint density at radius 3 is 0.944 bits per heavy atom. The van der Waals surface area contributed by atoms with Crippen molar-refractivity contribution >= 4 is 23.0 Å².